The van der Waals surface area contributed by atoms with Crippen molar-refractivity contribution >= 4 is 16.1 Å². The zero-order valence-electron chi connectivity index (χ0n) is 13.0. The van der Waals surface area contributed by atoms with Gasteiger partial charge in [-0.05, 0) is 0 Å². The van der Waals surface area contributed by atoms with Crippen LogP contribution in [-0.4, -0.2) is 16.1 Å². The van der Waals surface area contributed by atoms with Gasteiger partial charge in [0.15, 0.2) is 0 Å². The Balaban J connectivity index is -0.0000000921. The SMILES string of the molecule is C[Si](C)(C)[CH-][Si](C)(C)C.[CH3-].[CH3-].[Hf+4].c1cc[cH-]c1. The van der Waals surface area contributed by atoms with Crippen molar-refractivity contribution in [1.82, 2.24) is 0 Å². The number of hydrogen-bond donors (Lipinski definition) is 0. The van der Waals surface area contributed by atoms with Gasteiger partial charge < -0.3 is 20.5 Å². The van der Waals surface area contributed by atoms with E-state index in [9.17, 15) is 0 Å². The summed E-state index contributed by atoms with van der Waals surface area (Å²) in [7, 11) is -1.71. The second-order valence-electron chi connectivity index (χ2n) is 5.84. The molecule has 0 saturated carbocycles. The molecule has 1 rings (SSSR count). The number of hydrogen-bond acceptors (Lipinski definition) is 0. The molecule has 0 aliphatic heterocycles. The molecule has 3 heteroatoms. The summed E-state index contributed by atoms with van der Waals surface area (Å²) < 4.78 is 0. The van der Waals surface area contributed by atoms with Crippen LogP contribution in [0.25, 0.3) is 0 Å². The van der Waals surface area contributed by atoms with Crippen LogP contribution in [-0.2, 0) is 25.8 Å². The van der Waals surface area contributed by atoms with Crippen LogP contribution in [0.3, 0.4) is 0 Å². The van der Waals surface area contributed by atoms with Crippen LogP contribution in [0.4, 0.5) is 0 Å². The molecular weight excluding hydrogens is 403 g/mol. The van der Waals surface area contributed by atoms with Gasteiger partial charge >= 0.3 is 25.8 Å². The summed E-state index contributed by atoms with van der Waals surface area (Å²) in [5.74, 6) is 0. The van der Waals surface area contributed by atoms with Gasteiger partial charge in [0.1, 0.15) is 0 Å². The normalized spacial score (nSPS) is 9.76. The zero-order chi connectivity index (χ0) is 11.2. The molecule has 1 aromatic carbocycles. The molecule has 0 radical (unpaired) electrons. The van der Waals surface area contributed by atoms with Gasteiger partial charge in [-0.15, -0.1) is 16.1 Å². The Morgan fingerprint density at radius 2 is 1.06 bits per heavy atom. The van der Waals surface area contributed by atoms with Crippen molar-refractivity contribution in [2.75, 3.05) is 0 Å². The maximum atomic E-state index is 2.65. The quantitative estimate of drug-likeness (QED) is 0.442. The summed E-state index contributed by atoms with van der Waals surface area (Å²) in [5.41, 5.74) is 2.65. The minimum Gasteiger partial charge on any atom is -0.358 e. The van der Waals surface area contributed by atoms with E-state index >= 15 is 0 Å². The maximum absolute atomic E-state index is 2.65. The third-order valence-corrected chi connectivity index (χ3v) is 8.35. The molecule has 0 unspecified atom stereocenters. The van der Waals surface area contributed by atoms with E-state index in [1.54, 1.807) is 0 Å². The standard InChI is InChI=1S/C7H19Si2.C5H5.2CH3.Hf/c1-8(2,3)7-9(4,5)6;1-2-4-5-3-1;;;/h7H,1-6H3;1-5H;2*1H3;/q4*-1;+4. The van der Waals surface area contributed by atoms with Crippen molar-refractivity contribution in [2.45, 2.75) is 39.3 Å². The topological polar surface area (TPSA) is 0 Å². The van der Waals surface area contributed by atoms with Crippen molar-refractivity contribution in [3.63, 3.8) is 0 Å². The van der Waals surface area contributed by atoms with Crippen molar-refractivity contribution in [3.05, 3.63) is 50.9 Å². The van der Waals surface area contributed by atoms with Gasteiger partial charge in [-0.1, -0.05) is 39.3 Å². The van der Waals surface area contributed by atoms with E-state index in [2.05, 4.69) is 44.9 Å². The summed E-state index contributed by atoms with van der Waals surface area (Å²) in [6, 6.07) is 10.0. The minimum absolute atomic E-state index is 0. The molecule has 0 atom stereocenters. The van der Waals surface area contributed by atoms with E-state index in [1.807, 2.05) is 30.3 Å². The van der Waals surface area contributed by atoms with Crippen molar-refractivity contribution in [3.8, 4) is 0 Å². The maximum Gasteiger partial charge on any atom is 4.00 e. The molecule has 0 nitrogen and oxygen atoms in total. The Kier molecular flexibility index (Phi) is 18.1. The summed E-state index contributed by atoms with van der Waals surface area (Å²) in [6.07, 6.45) is 0. The molecule has 1 aromatic rings. The average molecular weight is 433 g/mol. The first kappa shape index (κ1) is 26.3. The zero-order valence-corrected chi connectivity index (χ0v) is 18.6. The van der Waals surface area contributed by atoms with E-state index < -0.39 is 16.1 Å². The molecule has 0 N–H and O–H groups in total. The van der Waals surface area contributed by atoms with Gasteiger partial charge in [0.25, 0.3) is 0 Å². The Morgan fingerprint density at radius 3 is 1.12 bits per heavy atom. The van der Waals surface area contributed by atoms with Crippen LogP contribution < -0.4 is 0 Å². The predicted molar refractivity (Wildman–Crippen MR) is 85.9 cm³/mol. The van der Waals surface area contributed by atoms with Crippen molar-refractivity contribution in [2.24, 2.45) is 0 Å². The minimum atomic E-state index is -0.856. The largest absolute Gasteiger partial charge is 4.00 e. The van der Waals surface area contributed by atoms with Crippen LogP contribution in [0.5, 0.6) is 0 Å². The smallest absolute Gasteiger partial charge is 0.358 e. The molecule has 0 heterocycles. The van der Waals surface area contributed by atoms with Gasteiger partial charge in [-0.2, -0.15) is 18.2 Å². The van der Waals surface area contributed by atoms with Crippen LogP contribution >= 0.6 is 0 Å². The number of rotatable bonds is 2. The van der Waals surface area contributed by atoms with E-state index in [0.717, 1.165) is 0 Å². The van der Waals surface area contributed by atoms with Crippen molar-refractivity contribution < 1.29 is 25.8 Å². The molecule has 0 fully saturated rings. The van der Waals surface area contributed by atoms with Crippen LogP contribution in [0.2, 0.25) is 39.3 Å². The first-order valence-corrected chi connectivity index (χ1v) is 12.4. The summed E-state index contributed by atoms with van der Waals surface area (Å²) >= 11 is 0. The summed E-state index contributed by atoms with van der Waals surface area (Å²) in [6.45, 7) is 14.4. The fraction of sp³-hybridized carbons (Fsp3) is 0.429. The molecular formula is C14H30HfSi2. The van der Waals surface area contributed by atoms with Gasteiger partial charge in [-0.25, -0.2) is 12.1 Å². The molecule has 0 aliphatic rings. The molecule has 0 amide bonds. The summed E-state index contributed by atoms with van der Waals surface area (Å²) in [5, 5.41) is 0. The Hall–Kier alpha value is 0.654. The average Bonchev–Trinajstić information content (AvgIpc) is 2.29. The van der Waals surface area contributed by atoms with Crippen LogP contribution in [0.1, 0.15) is 0 Å². The Morgan fingerprint density at radius 1 is 0.765 bits per heavy atom. The van der Waals surface area contributed by atoms with E-state index in [-0.39, 0.29) is 40.7 Å². The van der Waals surface area contributed by atoms with Crippen LogP contribution in [0, 0.1) is 20.5 Å². The molecule has 0 spiro atoms. The van der Waals surface area contributed by atoms with Gasteiger partial charge in [-0.3, -0.25) is 0 Å². The second-order valence-corrected chi connectivity index (χ2v) is 16.5. The first-order valence-electron chi connectivity index (χ1n) is 5.24. The molecule has 0 bridgehead atoms. The van der Waals surface area contributed by atoms with E-state index in [1.165, 1.54) is 0 Å². The van der Waals surface area contributed by atoms with Gasteiger partial charge in [0, 0.05) is 0 Å². The Labute approximate surface area is 131 Å². The van der Waals surface area contributed by atoms with Gasteiger partial charge in [0.2, 0.25) is 0 Å². The molecule has 0 aromatic heterocycles. The molecule has 17 heavy (non-hydrogen) atoms. The van der Waals surface area contributed by atoms with Gasteiger partial charge in [0.05, 0.1) is 0 Å². The molecule has 0 aliphatic carbocycles. The summed E-state index contributed by atoms with van der Waals surface area (Å²) in [4.78, 5) is 0. The van der Waals surface area contributed by atoms with E-state index in [4.69, 9.17) is 0 Å². The first-order chi connectivity index (χ1) is 6.21. The molecule has 0 saturated heterocycles. The molecule has 98 valence electrons. The third kappa shape index (κ3) is 26.3. The van der Waals surface area contributed by atoms with Crippen molar-refractivity contribution in [1.29, 1.82) is 0 Å². The van der Waals surface area contributed by atoms with Crippen LogP contribution in [0.15, 0.2) is 30.3 Å². The third-order valence-electron chi connectivity index (χ3n) is 1.42. The monoisotopic (exact) mass is 434 g/mol. The fourth-order valence-electron chi connectivity index (χ4n) is 1.62. The van der Waals surface area contributed by atoms with E-state index in [0.29, 0.717) is 0 Å². The second kappa shape index (κ2) is 11.7. The fourth-order valence-corrected chi connectivity index (χ4v) is 12.0. The Bertz CT molecular complexity index is 188. The predicted octanol–water partition coefficient (Wildman–Crippen LogP) is 5.25.